The van der Waals surface area contributed by atoms with E-state index in [1.807, 2.05) is 0 Å². The fourth-order valence-corrected chi connectivity index (χ4v) is 5.17. The highest BCUT2D eigenvalue weighted by Crippen LogP contribution is 2.56. The van der Waals surface area contributed by atoms with Gasteiger partial charge in [-0.3, -0.25) is 9.59 Å². The van der Waals surface area contributed by atoms with Crippen LogP contribution in [0.15, 0.2) is 0 Å². The number of rotatable bonds is 3. The molecule has 1 aliphatic carbocycles. The lowest BCUT2D eigenvalue weighted by Gasteiger charge is -2.47. The first kappa shape index (κ1) is 16.0. The van der Waals surface area contributed by atoms with E-state index in [0.717, 1.165) is 57.8 Å². The van der Waals surface area contributed by atoms with E-state index in [9.17, 15) is 9.59 Å². The molecule has 3 rings (SSSR count). The molecule has 0 N–H and O–H groups in total. The van der Waals surface area contributed by atoms with Gasteiger partial charge in [-0.1, -0.05) is 39.0 Å². The average Bonchev–Trinajstić information content (AvgIpc) is 2.91. The predicted octanol–water partition coefficient (Wildman–Crippen LogP) is 3.42. The molecule has 0 spiro atoms. The first-order chi connectivity index (χ1) is 10.6. The number of fused-ring (bicyclic) bond motifs is 6. The second-order valence-electron chi connectivity index (χ2n) is 7.29. The molecule has 22 heavy (non-hydrogen) atoms. The molecule has 0 unspecified atom stereocenters. The number of hydrogen-bond donors (Lipinski definition) is 0. The standard InChI is InChI=1S/C18H28O4/c1-3-10-17-12-9-14(22-17)18(16(20)21-2)11-7-5-4-6-8-13(17)15(18)19/h13-14H,3-12H2,1-2H3/t13-,14+,17-,18-/m0/s1. The fraction of sp³-hybridized carbons (Fsp3) is 0.889. The minimum absolute atomic E-state index is 0.122. The summed E-state index contributed by atoms with van der Waals surface area (Å²) in [5.74, 6) is -0.353. The smallest absolute Gasteiger partial charge is 0.322 e. The van der Waals surface area contributed by atoms with Crippen molar-refractivity contribution >= 4 is 11.8 Å². The predicted molar refractivity (Wildman–Crippen MR) is 82.4 cm³/mol. The maximum atomic E-state index is 13.4. The summed E-state index contributed by atoms with van der Waals surface area (Å²) in [6.45, 7) is 2.15. The van der Waals surface area contributed by atoms with E-state index < -0.39 is 5.41 Å². The van der Waals surface area contributed by atoms with Crippen LogP contribution in [0, 0.1) is 11.3 Å². The van der Waals surface area contributed by atoms with Gasteiger partial charge >= 0.3 is 5.97 Å². The molecule has 0 aromatic rings. The number of carbonyl (C=O) groups is 2. The van der Waals surface area contributed by atoms with Crippen LogP contribution in [0.25, 0.3) is 0 Å². The van der Waals surface area contributed by atoms with E-state index in [2.05, 4.69) is 6.92 Å². The molecular formula is C18H28O4. The van der Waals surface area contributed by atoms with E-state index in [1.54, 1.807) is 0 Å². The van der Waals surface area contributed by atoms with Gasteiger partial charge in [0.2, 0.25) is 0 Å². The summed E-state index contributed by atoms with van der Waals surface area (Å²) in [6.07, 6.45) is 9.08. The second-order valence-corrected chi connectivity index (χ2v) is 7.29. The van der Waals surface area contributed by atoms with Gasteiger partial charge in [-0.15, -0.1) is 0 Å². The highest BCUT2D eigenvalue weighted by Gasteiger charge is 2.67. The zero-order valence-corrected chi connectivity index (χ0v) is 13.9. The number of ketones is 1. The van der Waals surface area contributed by atoms with Gasteiger partial charge in [0.15, 0.2) is 11.2 Å². The summed E-state index contributed by atoms with van der Waals surface area (Å²) in [5, 5.41) is 0. The van der Waals surface area contributed by atoms with E-state index in [4.69, 9.17) is 9.47 Å². The number of Topliss-reactive ketones (excluding diaryl/α,β-unsaturated/α-hetero) is 1. The fourth-order valence-electron chi connectivity index (χ4n) is 5.17. The van der Waals surface area contributed by atoms with Crippen LogP contribution in [0.4, 0.5) is 0 Å². The van der Waals surface area contributed by atoms with Crippen molar-refractivity contribution in [3.8, 4) is 0 Å². The lowest BCUT2D eigenvalue weighted by atomic mass is 9.65. The largest absolute Gasteiger partial charge is 0.468 e. The van der Waals surface area contributed by atoms with Crippen LogP contribution in [-0.2, 0) is 19.1 Å². The highest BCUT2D eigenvalue weighted by molar-refractivity contribution is 6.07. The summed E-state index contributed by atoms with van der Waals surface area (Å²) >= 11 is 0. The molecule has 4 heteroatoms. The third-order valence-corrected chi connectivity index (χ3v) is 6.18. The van der Waals surface area contributed by atoms with Crippen molar-refractivity contribution in [3.63, 3.8) is 0 Å². The quantitative estimate of drug-likeness (QED) is 0.592. The van der Waals surface area contributed by atoms with Crippen LogP contribution in [0.2, 0.25) is 0 Å². The van der Waals surface area contributed by atoms with E-state index in [-0.39, 0.29) is 29.4 Å². The molecule has 3 fully saturated rings. The lowest BCUT2D eigenvalue weighted by Crippen LogP contribution is -2.60. The summed E-state index contributed by atoms with van der Waals surface area (Å²) in [6, 6.07) is 0. The minimum atomic E-state index is -1.03. The molecule has 4 atom stereocenters. The number of carbonyl (C=O) groups excluding carboxylic acids is 2. The molecular weight excluding hydrogens is 280 g/mol. The Balaban J connectivity index is 2.05. The molecule has 124 valence electrons. The average molecular weight is 308 g/mol. The molecule has 0 aromatic heterocycles. The molecule has 0 aromatic carbocycles. The Bertz CT molecular complexity index is 460. The third-order valence-electron chi connectivity index (χ3n) is 6.18. The van der Waals surface area contributed by atoms with Crippen molar-refractivity contribution in [3.05, 3.63) is 0 Å². The van der Waals surface area contributed by atoms with Crippen LogP contribution >= 0.6 is 0 Å². The molecule has 4 bridgehead atoms. The lowest BCUT2D eigenvalue weighted by molar-refractivity contribution is -0.201. The van der Waals surface area contributed by atoms with Gasteiger partial charge < -0.3 is 9.47 Å². The van der Waals surface area contributed by atoms with Gasteiger partial charge in [0.05, 0.1) is 18.8 Å². The van der Waals surface area contributed by atoms with Gasteiger partial charge in [0.25, 0.3) is 0 Å². The maximum Gasteiger partial charge on any atom is 0.322 e. The Labute approximate surface area is 132 Å². The molecule has 4 nitrogen and oxygen atoms in total. The van der Waals surface area contributed by atoms with Crippen LogP contribution in [0.5, 0.6) is 0 Å². The van der Waals surface area contributed by atoms with Crippen molar-refractivity contribution in [1.82, 2.24) is 0 Å². The van der Waals surface area contributed by atoms with E-state index >= 15 is 0 Å². The van der Waals surface area contributed by atoms with Crippen LogP contribution in [0.3, 0.4) is 0 Å². The molecule has 2 aliphatic heterocycles. The summed E-state index contributed by atoms with van der Waals surface area (Å²) in [7, 11) is 1.40. The number of methoxy groups -OCH3 is 1. The van der Waals surface area contributed by atoms with Crippen molar-refractivity contribution in [2.75, 3.05) is 7.11 Å². The van der Waals surface area contributed by atoms with Crippen LogP contribution in [0.1, 0.15) is 71.1 Å². The Morgan fingerprint density at radius 1 is 1.23 bits per heavy atom. The third kappa shape index (κ3) is 2.14. The monoisotopic (exact) mass is 308 g/mol. The molecule has 0 amide bonds. The molecule has 2 saturated heterocycles. The Morgan fingerprint density at radius 2 is 2.00 bits per heavy atom. The molecule has 3 aliphatic rings. The highest BCUT2D eigenvalue weighted by atomic mass is 16.5. The number of ether oxygens (including phenoxy) is 2. The second kappa shape index (κ2) is 5.95. The van der Waals surface area contributed by atoms with Crippen molar-refractivity contribution < 1.29 is 19.1 Å². The van der Waals surface area contributed by atoms with Gasteiger partial charge in [-0.05, 0) is 32.1 Å². The Morgan fingerprint density at radius 3 is 2.73 bits per heavy atom. The van der Waals surface area contributed by atoms with Crippen molar-refractivity contribution in [2.24, 2.45) is 11.3 Å². The molecule has 1 saturated carbocycles. The first-order valence-electron chi connectivity index (χ1n) is 8.91. The summed E-state index contributed by atoms with van der Waals surface area (Å²) < 4.78 is 11.5. The van der Waals surface area contributed by atoms with E-state index in [0.29, 0.717) is 6.42 Å². The normalized spacial score (nSPS) is 41.5. The van der Waals surface area contributed by atoms with Crippen molar-refractivity contribution in [2.45, 2.75) is 82.8 Å². The van der Waals surface area contributed by atoms with Gasteiger partial charge in [0.1, 0.15) is 0 Å². The maximum absolute atomic E-state index is 13.4. The number of esters is 1. The zero-order chi connectivity index (χ0) is 15.8. The SMILES string of the molecule is CCC[C@@]12CC[C@@H](O1)[C@@]1(C(=O)OC)CCCCCC[C@H]2C1=O. The topological polar surface area (TPSA) is 52.6 Å². The van der Waals surface area contributed by atoms with Gasteiger partial charge in [0, 0.05) is 5.92 Å². The number of hydrogen-bond acceptors (Lipinski definition) is 4. The Kier molecular flexibility index (Phi) is 4.32. The van der Waals surface area contributed by atoms with Crippen molar-refractivity contribution in [1.29, 1.82) is 0 Å². The first-order valence-corrected chi connectivity index (χ1v) is 8.91. The van der Waals surface area contributed by atoms with Gasteiger partial charge in [-0.2, -0.15) is 0 Å². The van der Waals surface area contributed by atoms with Gasteiger partial charge in [-0.25, -0.2) is 0 Å². The Hall–Kier alpha value is -0.900. The zero-order valence-electron chi connectivity index (χ0n) is 13.9. The molecule has 2 heterocycles. The summed E-state index contributed by atoms with van der Waals surface area (Å²) in [4.78, 5) is 26.0. The van der Waals surface area contributed by atoms with Crippen LogP contribution in [-0.4, -0.2) is 30.6 Å². The van der Waals surface area contributed by atoms with Crippen LogP contribution < -0.4 is 0 Å². The molecule has 0 radical (unpaired) electrons. The van der Waals surface area contributed by atoms with E-state index in [1.165, 1.54) is 7.11 Å². The summed E-state index contributed by atoms with van der Waals surface area (Å²) in [5.41, 5.74) is -1.34. The minimum Gasteiger partial charge on any atom is -0.468 e.